The van der Waals surface area contributed by atoms with Crippen LogP contribution in [0.5, 0.6) is 0 Å². The number of hydrazine groups is 1. The van der Waals surface area contributed by atoms with Gasteiger partial charge in [-0.3, -0.25) is 9.69 Å². The lowest BCUT2D eigenvalue weighted by Gasteiger charge is -2.22. The van der Waals surface area contributed by atoms with E-state index in [0.717, 1.165) is 16.6 Å². The van der Waals surface area contributed by atoms with Gasteiger partial charge >= 0.3 is 18.4 Å². The van der Waals surface area contributed by atoms with Crippen LogP contribution >= 0.6 is 0 Å². The summed E-state index contributed by atoms with van der Waals surface area (Å²) in [4.78, 5) is 16.9. The molecule has 1 aromatic carbocycles. The summed E-state index contributed by atoms with van der Waals surface area (Å²) < 4.78 is 79.9. The summed E-state index contributed by atoms with van der Waals surface area (Å²) in [5, 5.41) is 8.45. The fourth-order valence-electron chi connectivity index (χ4n) is 3.49. The predicted octanol–water partition coefficient (Wildman–Crippen LogP) is 5.61. The van der Waals surface area contributed by atoms with Gasteiger partial charge in [-0.05, 0) is 42.7 Å². The Hall–Kier alpha value is -3.51. The molecule has 2 amide bonds. The van der Waals surface area contributed by atoms with Gasteiger partial charge in [0.1, 0.15) is 5.82 Å². The normalized spacial score (nSPS) is 12.4. The number of aryl methyl sites for hydroxylation is 2. The minimum Gasteiger partial charge on any atom is -0.307 e. The van der Waals surface area contributed by atoms with Crippen molar-refractivity contribution in [1.82, 2.24) is 20.2 Å². The summed E-state index contributed by atoms with van der Waals surface area (Å²) in [7, 11) is 3.15. The van der Waals surface area contributed by atoms with Crippen molar-refractivity contribution < 1.29 is 31.1 Å². The monoisotopic (exact) mass is 488 g/mol. The molecule has 0 radical (unpaired) electrons. The third-order valence-electron chi connectivity index (χ3n) is 5.07. The Balaban J connectivity index is 1.88. The van der Waals surface area contributed by atoms with Crippen molar-refractivity contribution in [3.8, 4) is 0 Å². The highest BCUT2D eigenvalue weighted by molar-refractivity contribution is 5.91. The van der Waals surface area contributed by atoms with Crippen molar-refractivity contribution in [2.45, 2.75) is 39.0 Å². The predicted molar refractivity (Wildman–Crippen MR) is 114 cm³/mol. The SMILES string of the molecule is Cc1nn(C)c2nc(N(C)NC(=O)Nc3cc(C(F)(F)F)cc(C(F)(F)F)c3)cc(C(C)C)c12. The summed E-state index contributed by atoms with van der Waals surface area (Å²) in [6.45, 7) is 5.78. The number of pyridine rings is 1. The molecule has 2 N–H and O–H groups in total. The first-order valence-corrected chi connectivity index (χ1v) is 10.0. The Morgan fingerprint density at radius 2 is 1.59 bits per heavy atom. The van der Waals surface area contributed by atoms with E-state index in [1.165, 1.54) is 12.1 Å². The van der Waals surface area contributed by atoms with Crippen LogP contribution in [-0.2, 0) is 19.4 Å². The van der Waals surface area contributed by atoms with Crippen LogP contribution in [0.4, 0.5) is 42.6 Å². The minimum atomic E-state index is -5.03. The number of rotatable bonds is 4. The van der Waals surface area contributed by atoms with Gasteiger partial charge in [-0.25, -0.2) is 15.2 Å². The van der Waals surface area contributed by atoms with E-state index in [4.69, 9.17) is 0 Å². The van der Waals surface area contributed by atoms with Gasteiger partial charge in [0.25, 0.3) is 0 Å². The smallest absolute Gasteiger partial charge is 0.307 e. The second-order valence-electron chi connectivity index (χ2n) is 8.05. The molecule has 0 bridgehead atoms. The fourth-order valence-corrected chi connectivity index (χ4v) is 3.49. The zero-order valence-electron chi connectivity index (χ0n) is 18.9. The molecule has 184 valence electrons. The Kier molecular flexibility index (Phi) is 6.42. The van der Waals surface area contributed by atoms with E-state index in [0.29, 0.717) is 23.6 Å². The highest BCUT2D eigenvalue weighted by atomic mass is 19.4. The van der Waals surface area contributed by atoms with E-state index in [9.17, 15) is 31.1 Å². The quantitative estimate of drug-likeness (QED) is 0.370. The standard InChI is InChI=1S/C21H22F6N6O/c1-10(2)15-9-16(29-18-17(15)11(3)30-33(18)5)32(4)31-19(34)28-14-7-12(20(22,23)24)6-13(8-14)21(25,26)27/h6-10H,1-5H3,(H2,28,31,34). The number of alkyl halides is 6. The molecule has 0 saturated carbocycles. The van der Waals surface area contributed by atoms with Crippen LogP contribution in [0.15, 0.2) is 24.3 Å². The number of halogens is 6. The van der Waals surface area contributed by atoms with Gasteiger partial charge in [-0.2, -0.15) is 31.4 Å². The van der Waals surface area contributed by atoms with Crippen LogP contribution in [-0.4, -0.2) is 27.8 Å². The Bertz CT molecular complexity index is 1200. The number of aromatic nitrogens is 3. The molecule has 34 heavy (non-hydrogen) atoms. The largest absolute Gasteiger partial charge is 0.416 e. The molecule has 0 atom stereocenters. The van der Waals surface area contributed by atoms with Crippen LogP contribution in [0.3, 0.4) is 0 Å². The molecule has 2 heterocycles. The first-order valence-electron chi connectivity index (χ1n) is 10.0. The fraction of sp³-hybridized carbons (Fsp3) is 0.381. The van der Waals surface area contributed by atoms with Gasteiger partial charge in [0.15, 0.2) is 5.65 Å². The summed E-state index contributed by atoms with van der Waals surface area (Å²) >= 11 is 0. The maximum absolute atomic E-state index is 13.1. The van der Waals surface area contributed by atoms with Crippen molar-refractivity contribution in [3.63, 3.8) is 0 Å². The zero-order chi connectivity index (χ0) is 25.6. The van der Waals surface area contributed by atoms with Crippen LogP contribution in [0.2, 0.25) is 0 Å². The number of nitrogens with one attached hydrogen (secondary N) is 2. The third kappa shape index (κ3) is 5.18. The topological polar surface area (TPSA) is 75.1 Å². The average Bonchev–Trinajstić information content (AvgIpc) is 2.99. The number of carbonyl (C=O) groups excluding carboxylic acids is 1. The zero-order valence-corrected chi connectivity index (χ0v) is 18.9. The molecule has 0 saturated heterocycles. The van der Waals surface area contributed by atoms with Gasteiger partial charge < -0.3 is 5.32 Å². The molecule has 0 fully saturated rings. The maximum Gasteiger partial charge on any atom is 0.416 e. The number of anilines is 2. The average molecular weight is 488 g/mol. The summed E-state index contributed by atoms with van der Waals surface area (Å²) in [6, 6.07) is 1.51. The van der Waals surface area contributed by atoms with Crippen LogP contribution in [0, 0.1) is 6.92 Å². The molecule has 0 aliphatic heterocycles. The second kappa shape index (κ2) is 8.69. The number of fused-ring (bicyclic) bond motifs is 1. The van der Waals surface area contributed by atoms with E-state index >= 15 is 0 Å². The number of benzene rings is 1. The molecule has 0 aliphatic rings. The van der Waals surface area contributed by atoms with Crippen molar-refractivity contribution >= 4 is 28.6 Å². The molecule has 3 rings (SSSR count). The van der Waals surface area contributed by atoms with Gasteiger partial charge in [0.05, 0.1) is 16.8 Å². The van der Waals surface area contributed by atoms with Crippen molar-refractivity contribution in [3.05, 3.63) is 46.6 Å². The van der Waals surface area contributed by atoms with E-state index in [-0.39, 0.29) is 12.0 Å². The summed E-state index contributed by atoms with van der Waals surface area (Å²) in [5.74, 6) is 0.384. The number of carbonyl (C=O) groups is 1. The van der Waals surface area contributed by atoms with Crippen LogP contribution in [0.25, 0.3) is 11.0 Å². The van der Waals surface area contributed by atoms with Crippen LogP contribution < -0.4 is 15.8 Å². The van der Waals surface area contributed by atoms with Gasteiger partial charge in [-0.15, -0.1) is 0 Å². The lowest BCUT2D eigenvalue weighted by Crippen LogP contribution is -2.42. The van der Waals surface area contributed by atoms with Gasteiger partial charge in [-0.1, -0.05) is 13.8 Å². The molecule has 0 aliphatic carbocycles. The molecule has 3 aromatic rings. The number of hydrogen-bond acceptors (Lipinski definition) is 4. The number of hydrogen-bond donors (Lipinski definition) is 2. The Labute approximate surface area is 190 Å². The summed E-state index contributed by atoms with van der Waals surface area (Å²) in [5.41, 5.74) is 0.852. The lowest BCUT2D eigenvalue weighted by molar-refractivity contribution is -0.143. The second-order valence-corrected chi connectivity index (χ2v) is 8.05. The van der Waals surface area contributed by atoms with E-state index in [2.05, 4.69) is 15.5 Å². The van der Waals surface area contributed by atoms with E-state index in [1.54, 1.807) is 17.8 Å². The molecule has 0 unspecified atom stereocenters. The Morgan fingerprint density at radius 3 is 2.09 bits per heavy atom. The Morgan fingerprint density at radius 1 is 1.03 bits per heavy atom. The maximum atomic E-state index is 13.1. The number of amides is 2. The molecular weight excluding hydrogens is 466 g/mol. The summed E-state index contributed by atoms with van der Waals surface area (Å²) in [6.07, 6.45) is -10.1. The van der Waals surface area contributed by atoms with Crippen molar-refractivity contribution in [2.24, 2.45) is 7.05 Å². The first-order chi connectivity index (χ1) is 15.6. The molecule has 0 spiro atoms. The third-order valence-corrected chi connectivity index (χ3v) is 5.07. The highest BCUT2D eigenvalue weighted by Gasteiger charge is 2.37. The number of urea groups is 1. The molecule has 2 aromatic heterocycles. The first kappa shape index (κ1) is 25.1. The molecule has 13 heteroatoms. The van der Waals surface area contributed by atoms with E-state index in [1.807, 2.05) is 26.1 Å². The minimum absolute atomic E-state index is 0.0162. The lowest BCUT2D eigenvalue weighted by atomic mass is 10.00. The van der Waals surface area contributed by atoms with Crippen molar-refractivity contribution in [1.29, 1.82) is 0 Å². The van der Waals surface area contributed by atoms with E-state index < -0.39 is 35.2 Å². The highest BCUT2D eigenvalue weighted by Crippen LogP contribution is 2.37. The molecular formula is C21H22F6N6O. The van der Waals surface area contributed by atoms with Crippen LogP contribution in [0.1, 0.15) is 42.1 Å². The number of nitrogens with zero attached hydrogens (tertiary/aromatic N) is 4. The van der Waals surface area contributed by atoms with Crippen molar-refractivity contribution in [2.75, 3.05) is 17.4 Å². The van der Waals surface area contributed by atoms with Gasteiger partial charge in [0, 0.05) is 25.2 Å². The van der Waals surface area contributed by atoms with Gasteiger partial charge in [0.2, 0.25) is 0 Å². The molecule has 7 nitrogen and oxygen atoms in total.